The summed E-state index contributed by atoms with van der Waals surface area (Å²) >= 11 is 0. The molecule has 0 aliphatic heterocycles. The van der Waals surface area contributed by atoms with Crippen molar-refractivity contribution in [3.05, 3.63) is 117 Å². The highest BCUT2D eigenvalue weighted by Gasteiger charge is 2.13. The van der Waals surface area contributed by atoms with Crippen LogP contribution in [0.25, 0.3) is 21.8 Å². The number of carbonyl (C=O) groups is 2. The van der Waals surface area contributed by atoms with Gasteiger partial charge in [0.05, 0.1) is 20.8 Å². The van der Waals surface area contributed by atoms with Crippen molar-refractivity contribution in [1.29, 1.82) is 0 Å². The molecule has 0 saturated heterocycles. The largest absolute Gasteiger partial charge is 0.502 e. The molecule has 49 heavy (non-hydrogen) atoms. The molecule has 15 nitrogen and oxygen atoms in total. The molecule has 0 radical (unpaired) electrons. The second-order valence-electron chi connectivity index (χ2n) is 10.1. The monoisotopic (exact) mass is 676 g/mol. The molecule has 0 unspecified atom stereocenters. The van der Waals surface area contributed by atoms with Crippen LogP contribution < -0.4 is 20.3 Å². The number of aromatic hydroxyl groups is 2. The molecule has 15 heteroatoms. The normalized spacial score (nSPS) is 10.4. The standard InChI is InChI=1S/C17H15NO6.C11H13NO2.C6H4O5/c1-22-11-2-3-13-12(6-11)10(8-18-13)4-5-23-17(21)16-7-14(19)15(20)9-24-16;1-14-9-2-3-11-10(6-9)8(4-5-13)7-12-11;7-3-1-5(6(9)10)11-2-4(3)8/h2-3,6-9,18,20H,4-5H2,1H3;2-3,6-7,12-13H,4-5H2,1H3;1-2,8H,(H,9,10). The Morgan fingerprint density at radius 3 is 1.69 bits per heavy atom. The number of rotatable bonds is 9. The van der Waals surface area contributed by atoms with Crippen LogP contribution in [0.5, 0.6) is 23.0 Å². The number of hydrogen-bond acceptors (Lipinski definition) is 12. The van der Waals surface area contributed by atoms with Gasteiger partial charge in [0, 0.05) is 59.4 Å². The maximum Gasteiger partial charge on any atom is 0.374 e. The van der Waals surface area contributed by atoms with Gasteiger partial charge in [-0.3, -0.25) is 9.59 Å². The minimum atomic E-state index is -1.35. The van der Waals surface area contributed by atoms with Crippen molar-refractivity contribution >= 4 is 33.7 Å². The molecule has 4 heterocycles. The average molecular weight is 677 g/mol. The second-order valence-corrected chi connectivity index (χ2v) is 10.1. The summed E-state index contributed by atoms with van der Waals surface area (Å²) in [5.74, 6) is -2.42. The third-order valence-corrected chi connectivity index (χ3v) is 6.97. The number of nitrogens with one attached hydrogen (secondary N) is 2. The molecule has 0 spiro atoms. The molecule has 6 N–H and O–H groups in total. The first-order valence-electron chi connectivity index (χ1n) is 14.5. The number of benzene rings is 2. The van der Waals surface area contributed by atoms with Gasteiger partial charge in [-0.15, -0.1) is 0 Å². The van der Waals surface area contributed by atoms with Crippen molar-refractivity contribution in [3.8, 4) is 23.0 Å². The molecule has 2 aromatic carbocycles. The van der Waals surface area contributed by atoms with E-state index in [4.69, 9.17) is 39.1 Å². The van der Waals surface area contributed by atoms with Gasteiger partial charge in [-0.1, -0.05) is 0 Å². The van der Waals surface area contributed by atoms with Crippen LogP contribution in [0.2, 0.25) is 0 Å². The Kier molecular flexibility index (Phi) is 11.8. The van der Waals surface area contributed by atoms with Crippen LogP contribution in [0.15, 0.2) is 91.9 Å². The number of fused-ring (bicyclic) bond motifs is 2. The van der Waals surface area contributed by atoms with Crippen molar-refractivity contribution in [3.63, 3.8) is 0 Å². The first-order chi connectivity index (χ1) is 23.5. The van der Waals surface area contributed by atoms with E-state index in [2.05, 4.69) is 14.4 Å². The fourth-order valence-corrected chi connectivity index (χ4v) is 4.46. The van der Waals surface area contributed by atoms with Crippen LogP contribution in [0, 0.1) is 0 Å². The van der Waals surface area contributed by atoms with E-state index in [0.717, 1.165) is 56.8 Å². The smallest absolute Gasteiger partial charge is 0.374 e. The Labute approximate surface area is 276 Å². The summed E-state index contributed by atoms with van der Waals surface area (Å²) in [4.78, 5) is 50.1. The topological polar surface area (TPSA) is 235 Å². The zero-order chi connectivity index (χ0) is 35.5. The number of methoxy groups -OCH3 is 2. The van der Waals surface area contributed by atoms with Crippen LogP contribution in [0.3, 0.4) is 0 Å². The van der Waals surface area contributed by atoms with Gasteiger partial charge in [0.2, 0.25) is 22.4 Å². The number of H-pyrrole nitrogens is 2. The number of aromatic amines is 2. The molecule has 0 aliphatic carbocycles. The molecule has 0 saturated carbocycles. The van der Waals surface area contributed by atoms with Gasteiger partial charge in [0.15, 0.2) is 11.5 Å². The summed E-state index contributed by atoms with van der Waals surface area (Å²) < 4.78 is 24.7. The summed E-state index contributed by atoms with van der Waals surface area (Å²) in [6.07, 6.45) is 6.43. The molecular formula is C34H32N2O13. The lowest BCUT2D eigenvalue weighted by atomic mass is 10.1. The first-order valence-corrected chi connectivity index (χ1v) is 14.5. The number of esters is 1. The number of aromatic nitrogens is 2. The van der Waals surface area contributed by atoms with Crippen LogP contribution in [-0.2, 0) is 17.6 Å². The number of hydrogen-bond donors (Lipinski definition) is 6. The van der Waals surface area contributed by atoms with E-state index in [1.807, 2.05) is 48.8 Å². The van der Waals surface area contributed by atoms with Gasteiger partial charge < -0.3 is 53.4 Å². The highest BCUT2D eigenvalue weighted by atomic mass is 16.5. The lowest BCUT2D eigenvalue weighted by Crippen LogP contribution is -2.11. The zero-order valence-electron chi connectivity index (χ0n) is 26.2. The lowest BCUT2D eigenvalue weighted by molar-refractivity contribution is 0.0469. The van der Waals surface area contributed by atoms with E-state index >= 15 is 0 Å². The Balaban J connectivity index is 0.000000183. The predicted octanol–water partition coefficient (Wildman–Crippen LogP) is 3.99. The second kappa shape index (κ2) is 16.4. The van der Waals surface area contributed by atoms with Crippen molar-refractivity contribution in [2.75, 3.05) is 27.4 Å². The van der Waals surface area contributed by atoms with Crippen LogP contribution in [0.1, 0.15) is 32.2 Å². The highest BCUT2D eigenvalue weighted by Crippen LogP contribution is 2.25. The van der Waals surface area contributed by atoms with Gasteiger partial charge in [-0.2, -0.15) is 0 Å². The predicted molar refractivity (Wildman–Crippen MR) is 175 cm³/mol. The third-order valence-electron chi connectivity index (χ3n) is 6.97. The average Bonchev–Trinajstić information content (AvgIpc) is 3.70. The SMILES string of the molecule is COc1ccc2[nH]cc(CCO)c2c1.COc1ccc2[nH]cc(CCOC(=O)c3cc(=O)c(O)co3)c2c1.O=C(O)c1cc(=O)c(O)co1. The van der Waals surface area contributed by atoms with Crippen LogP contribution >= 0.6 is 0 Å². The van der Waals surface area contributed by atoms with Crippen LogP contribution in [-0.4, -0.2) is 69.8 Å². The molecule has 0 aliphatic rings. The molecule has 4 aromatic heterocycles. The fraction of sp³-hybridized carbons (Fsp3) is 0.176. The van der Waals surface area contributed by atoms with E-state index in [0.29, 0.717) is 25.2 Å². The van der Waals surface area contributed by atoms with Gasteiger partial charge in [0.1, 0.15) is 24.0 Å². The number of carbonyl (C=O) groups excluding carboxylic acids is 1. The Hall–Kier alpha value is -6.48. The molecule has 6 aromatic rings. The molecule has 256 valence electrons. The molecule has 0 atom stereocenters. The van der Waals surface area contributed by atoms with E-state index in [1.165, 1.54) is 0 Å². The fourth-order valence-electron chi connectivity index (χ4n) is 4.46. The number of carboxylic acids is 1. The Morgan fingerprint density at radius 2 is 1.22 bits per heavy atom. The maximum atomic E-state index is 11.8. The summed E-state index contributed by atoms with van der Waals surface area (Å²) in [5, 5.41) is 37.0. The summed E-state index contributed by atoms with van der Waals surface area (Å²) in [7, 11) is 3.25. The van der Waals surface area contributed by atoms with E-state index < -0.39 is 40.1 Å². The van der Waals surface area contributed by atoms with Gasteiger partial charge >= 0.3 is 11.9 Å². The number of aliphatic hydroxyl groups is 1. The van der Waals surface area contributed by atoms with Crippen molar-refractivity contribution in [2.45, 2.75) is 12.8 Å². The van der Waals surface area contributed by atoms with E-state index in [9.17, 15) is 19.2 Å². The summed E-state index contributed by atoms with van der Waals surface area (Å²) in [5.41, 5.74) is 2.67. The van der Waals surface area contributed by atoms with Crippen molar-refractivity contribution < 1.29 is 53.1 Å². The molecule has 0 bridgehead atoms. The lowest BCUT2D eigenvalue weighted by Gasteiger charge is -2.04. The molecular weight excluding hydrogens is 644 g/mol. The highest BCUT2D eigenvalue weighted by molar-refractivity contribution is 5.87. The minimum Gasteiger partial charge on any atom is -0.502 e. The maximum absolute atomic E-state index is 11.8. The van der Waals surface area contributed by atoms with Gasteiger partial charge in [0.25, 0.3) is 0 Å². The third kappa shape index (κ3) is 9.08. The number of aliphatic hydroxyl groups excluding tert-OH is 1. The summed E-state index contributed by atoms with van der Waals surface area (Å²) in [6, 6.07) is 13.2. The quantitative estimate of drug-likeness (QED) is 0.119. The number of ether oxygens (including phenoxy) is 3. The molecule has 0 fully saturated rings. The minimum absolute atomic E-state index is 0.119. The van der Waals surface area contributed by atoms with E-state index in [-0.39, 0.29) is 19.0 Å². The van der Waals surface area contributed by atoms with Crippen molar-refractivity contribution in [1.82, 2.24) is 9.97 Å². The van der Waals surface area contributed by atoms with Crippen molar-refractivity contribution in [2.24, 2.45) is 0 Å². The Morgan fingerprint density at radius 1 is 0.735 bits per heavy atom. The van der Waals surface area contributed by atoms with Gasteiger partial charge in [-0.25, -0.2) is 9.59 Å². The number of carboxylic acid groups (broad SMARTS) is 1. The number of aromatic carboxylic acids is 1. The Bertz CT molecular complexity index is 2170. The zero-order valence-corrected chi connectivity index (χ0v) is 26.2. The van der Waals surface area contributed by atoms with E-state index in [1.54, 1.807) is 14.2 Å². The van der Waals surface area contributed by atoms with Crippen LogP contribution in [0.4, 0.5) is 0 Å². The van der Waals surface area contributed by atoms with Gasteiger partial charge in [-0.05, 0) is 53.9 Å². The molecule has 6 rings (SSSR count). The molecule has 0 amide bonds. The first kappa shape index (κ1) is 35.4. The summed E-state index contributed by atoms with van der Waals surface area (Å²) in [6.45, 7) is 0.289.